The van der Waals surface area contributed by atoms with Gasteiger partial charge in [0.05, 0.1) is 3.57 Å². The van der Waals surface area contributed by atoms with Crippen molar-refractivity contribution in [3.63, 3.8) is 0 Å². The molecule has 0 aliphatic rings. The summed E-state index contributed by atoms with van der Waals surface area (Å²) in [5.41, 5.74) is 0. The number of rotatable bonds is 1. The summed E-state index contributed by atoms with van der Waals surface area (Å²) >= 11 is 1.14. The third-order valence-electron chi connectivity index (χ3n) is 1.42. The fraction of sp³-hybridized carbons (Fsp3) is 0.125. The van der Waals surface area contributed by atoms with Gasteiger partial charge in [0, 0.05) is 6.92 Å². The lowest BCUT2D eigenvalue weighted by molar-refractivity contribution is -0.132. The van der Waals surface area contributed by atoms with Gasteiger partial charge < -0.3 is 4.74 Å². The number of esters is 1. The summed E-state index contributed by atoms with van der Waals surface area (Å²) in [6, 6.07) is 0. The maximum absolute atomic E-state index is 13.1. The molecular weight excluding hydrogens is 331 g/mol. The highest BCUT2D eigenvalue weighted by Gasteiger charge is 2.26. The maximum Gasteiger partial charge on any atom is 0.308 e. The Morgan fingerprint density at radius 3 is 2.07 bits per heavy atom. The van der Waals surface area contributed by atoms with Crippen molar-refractivity contribution in [3.05, 3.63) is 26.8 Å². The van der Waals surface area contributed by atoms with E-state index < -0.39 is 38.6 Å². The average Bonchev–Trinajstić information content (AvgIpc) is 2.18. The first kappa shape index (κ1) is 12.2. The highest BCUT2D eigenvalue weighted by molar-refractivity contribution is 14.1. The second kappa shape index (κ2) is 4.33. The number of halogens is 5. The van der Waals surface area contributed by atoms with Crippen molar-refractivity contribution in [1.82, 2.24) is 0 Å². The van der Waals surface area contributed by atoms with E-state index in [-0.39, 0.29) is 0 Å². The van der Waals surface area contributed by atoms with E-state index in [0.29, 0.717) is 0 Å². The molecule has 0 atom stereocenters. The summed E-state index contributed by atoms with van der Waals surface area (Å²) in [5.74, 6) is -9.10. The Bertz CT molecular complexity index is 404. The van der Waals surface area contributed by atoms with Crippen LogP contribution in [0.4, 0.5) is 17.6 Å². The van der Waals surface area contributed by atoms with Crippen molar-refractivity contribution < 1.29 is 27.1 Å². The summed E-state index contributed by atoms with van der Waals surface area (Å²) in [6.45, 7) is 0.882. The van der Waals surface area contributed by atoms with Gasteiger partial charge in [-0.3, -0.25) is 4.79 Å². The lowest BCUT2D eigenvalue weighted by atomic mass is 10.3. The Labute approximate surface area is 95.4 Å². The molecule has 15 heavy (non-hydrogen) atoms. The van der Waals surface area contributed by atoms with Gasteiger partial charge in [-0.1, -0.05) is 0 Å². The van der Waals surface area contributed by atoms with E-state index in [1.54, 1.807) is 0 Å². The standard InChI is InChI=1S/C8H3F4IO2/c1-2(14)15-8-5(11)3(9)4(10)7(13)6(8)12/h1H3. The van der Waals surface area contributed by atoms with E-state index in [9.17, 15) is 22.4 Å². The van der Waals surface area contributed by atoms with Crippen molar-refractivity contribution in [2.45, 2.75) is 6.92 Å². The van der Waals surface area contributed by atoms with Crippen LogP contribution in [-0.2, 0) is 4.79 Å². The summed E-state index contributed by atoms with van der Waals surface area (Å²) < 4.78 is 54.9. The van der Waals surface area contributed by atoms with Crippen molar-refractivity contribution in [2.24, 2.45) is 0 Å². The van der Waals surface area contributed by atoms with Gasteiger partial charge in [-0.25, -0.2) is 13.2 Å². The van der Waals surface area contributed by atoms with Crippen molar-refractivity contribution in [1.29, 1.82) is 0 Å². The second-order valence-corrected chi connectivity index (χ2v) is 3.57. The second-order valence-electron chi connectivity index (χ2n) is 2.49. The molecule has 0 spiro atoms. The van der Waals surface area contributed by atoms with Gasteiger partial charge in [0.2, 0.25) is 11.6 Å². The van der Waals surface area contributed by atoms with Gasteiger partial charge in [0.1, 0.15) is 0 Å². The summed E-state index contributed by atoms with van der Waals surface area (Å²) in [6.07, 6.45) is 0. The predicted molar refractivity (Wildman–Crippen MR) is 50.3 cm³/mol. The summed E-state index contributed by atoms with van der Waals surface area (Å²) in [7, 11) is 0. The molecule has 1 aromatic carbocycles. The Hall–Kier alpha value is -0.860. The number of benzene rings is 1. The number of hydrogen-bond donors (Lipinski definition) is 0. The van der Waals surface area contributed by atoms with Gasteiger partial charge in [-0.15, -0.1) is 0 Å². The highest BCUT2D eigenvalue weighted by Crippen LogP contribution is 2.30. The largest absolute Gasteiger partial charge is 0.420 e. The van der Waals surface area contributed by atoms with E-state index in [0.717, 1.165) is 29.5 Å². The van der Waals surface area contributed by atoms with Gasteiger partial charge >= 0.3 is 5.97 Å². The molecular formula is C8H3F4IO2. The SMILES string of the molecule is CC(=O)Oc1c(F)c(F)c(F)c(I)c1F. The Morgan fingerprint density at radius 2 is 1.60 bits per heavy atom. The Balaban J connectivity index is 3.45. The van der Waals surface area contributed by atoms with Crippen LogP contribution in [0.1, 0.15) is 6.92 Å². The van der Waals surface area contributed by atoms with Crippen LogP contribution in [-0.4, -0.2) is 5.97 Å². The quantitative estimate of drug-likeness (QED) is 0.197. The molecule has 0 amide bonds. The van der Waals surface area contributed by atoms with Crippen molar-refractivity contribution in [3.8, 4) is 5.75 Å². The van der Waals surface area contributed by atoms with Crippen LogP contribution in [0.5, 0.6) is 5.75 Å². The molecule has 0 radical (unpaired) electrons. The first-order valence-corrected chi connectivity index (χ1v) is 4.64. The molecule has 0 aliphatic heterocycles. The van der Waals surface area contributed by atoms with Crippen LogP contribution in [0.15, 0.2) is 0 Å². The van der Waals surface area contributed by atoms with Crippen LogP contribution in [0.3, 0.4) is 0 Å². The first-order valence-electron chi connectivity index (χ1n) is 3.56. The molecule has 0 saturated heterocycles. The molecule has 0 aliphatic carbocycles. The maximum atomic E-state index is 13.1. The van der Waals surface area contributed by atoms with Crippen molar-refractivity contribution in [2.75, 3.05) is 0 Å². The van der Waals surface area contributed by atoms with Crippen LogP contribution in [0, 0.1) is 26.8 Å². The Morgan fingerprint density at radius 1 is 1.07 bits per heavy atom. The molecule has 0 fully saturated rings. The van der Waals surface area contributed by atoms with Crippen LogP contribution >= 0.6 is 22.6 Å². The molecule has 82 valence electrons. The lowest BCUT2D eigenvalue weighted by Gasteiger charge is -2.07. The van der Waals surface area contributed by atoms with Gasteiger partial charge in [0.25, 0.3) is 0 Å². The normalized spacial score (nSPS) is 10.3. The number of hydrogen-bond acceptors (Lipinski definition) is 2. The highest BCUT2D eigenvalue weighted by atomic mass is 127. The lowest BCUT2D eigenvalue weighted by Crippen LogP contribution is -2.09. The molecule has 0 N–H and O–H groups in total. The number of carbonyl (C=O) groups is 1. The van der Waals surface area contributed by atoms with Crippen LogP contribution in [0.2, 0.25) is 0 Å². The number of carbonyl (C=O) groups excluding carboxylic acids is 1. The molecule has 0 heterocycles. The van der Waals surface area contributed by atoms with Crippen molar-refractivity contribution >= 4 is 28.6 Å². The fourth-order valence-electron chi connectivity index (χ4n) is 0.818. The van der Waals surface area contributed by atoms with E-state index in [4.69, 9.17) is 0 Å². The smallest absolute Gasteiger partial charge is 0.308 e. The zero-order valence-corrected chi connectivity index (χ0v) is 9.36. The first-order chi connectivity index (χ1) is 6.86. The molecule has 0 bridgehead atoms. The zero-order chi connectivity index (χ0) is 11.7. The number of ether oxygens (including phenoxy) is 1. The van der Waals surface area contributed by atoms with Gasteiger partial charge in [-0.05, 0) is 22.6 Å². The molecule has 7 heteroatoms. The third kappa shape index (κ3) is 2.21. The van der Waals surface area contributed by atoms with Gasteiger partial charge in [-0.2, -0.15) is 4.39 Å². The van der Waals surface area contributed by atoms with E-state index >= 15 is 0 Å². The zero-order valence-electron chi connectivity index (χ0n) is 7.21. The van der Waals surface area contributed by atoms with E-state index in [1.165, 1.54) is 0 Å². The minimum Gasteiger partial charge on any atom is -0.420 e. The van der Waals surface area contributed by atoms with E-state index in [2.05, 4.69) is 4.74 Å². The summed E-state index contributed by atoms with van der Waals surface area (Å²) in [4.78, 5) is 10.5. The molecule has 2 nitrogen and oxygen atoms in total. The molecule has 1 rings (SSSR count). The molecule has 1 aromatic rings. The third-order valence-corrected chi connectivity index (χ3v) is 2.36. The fourth-order valence-corrected chi connectivity index (χ4v) is 1.30. The average molecular weight is 334 g/mol. The predicted octanol–water partition coefficient (Wildman–Crippen LogP) is 2.77. The summed E-state index contributed by atoms with van der Waals surface area (Å²) in [5, 5.41) is 0. The molecule has 0 saturated carbocycles. The van der Waals surface area contributed by atoms with Crippen LogP contribution in [0.25, 0.3) is 0 Å². The monoisotopic (exact) mass is 334 g/mol. The Kier molecular flexibility index (Phi) is 3.53. The minimum atomic E-state index is -1.88. The van der Waals surface area contributed by atoms with E-state index in [1.807, 2.05) is 0 Å². The van der Waals surface area contributed by atoms with Crippen LogP contribution < -0.4 is 4.74 Å². The molecule has 0 aromatic heterocycles. The molecule has 0 unspecified atom stereocenters. The van der Waals surface area contributed by atoms with Gasteiger partial charge in [0.15, 0.2) is 17.5 Å². The minimum absolute atomic E-state index is 0.775. The topological polar surface area (TPSA) is 26.3 Å².